The van der Waals surface area contributed by atoms with Crippen LogP contribution in [0.3, 0.4) is 0 Å². The fourth-order valence-electron chi connectivity index (χ4n) is 2.61. The zero-order valence-electron chi connectivity index (χ0n) is 12.5. The van der Waals surface area contributed by atoms with Crippen molar-refractivity contribution in [3.63, 3.8) is 0 Å². The lowest BCUT2D eigenvalue weighted by atomic mass is 10.0. The summed E-state index contributed by atoms with van der Waals surface area (Å²) in [6.45, 7) is 0. The van der Waals surface area contributed by atoms with Crippen molar-refractivity contribution in [2.45, 2.75) is 0 Å². The second-order valence-corrected chi connectivity index (χ2v) is 5.08. The quantitative estimate of drug-likeness (QED) is 0.581. The molecule has 23 heavy (non-hydrogen) atoms. The van der Waals surface area contributed by atoms with Gasteiger partial charge >= 0.3 is 0 Å². The van der Waals surface area contributed by atoms with E-state index in [9.17, 15) is 0 Å². The van der Waals surface area contributed by atoms with Gasteiger partial charge in [0, 0.05) is 17.8 Å². The van der Waals surface area contributed by atoms with Crippen LogP contribution in [0.5, 0.6) is 5.88 Å². The molecule has 3 heterocycles. The average molecular weight is 302 g/mol. The van der Waals surface area contributed by atoms with Crippen molar-refractivity contribution in [2.75, 3.05) is 7.11 Å². The predicted molar refractivity (Wildman–Crippen MR) is 88.2 cm³/mol. The fraction of sp³-hybridized carbons (Fsp3) is 0.0556. The largest absolute Gasteiger partial charge is 0.480 e. The Bertz CT molecular complexity index is 946. The molecular weight excluding hydrogens is 288 g/mol. The van der Waals surface area contributed by atoms with Gasteiger partial charge in [0.25, 0.3) is 0 Å². The maximum Gasteiger partial charge on any atom is 0.233 e. The SMILES string of the molecule is COc1ccc(-c2c(-c3ccccc3)nn3ccccc23)nn1. The Labute approximate surface area is 133 Å². The summed E-state index contributed by atoms with van der Waals surface area (Å²) in [6.07, 6.45) is 1.93. The van der Waals surface area contributed by atoms with E-state index in [0.717, 1.165) is 28.0 Å². The van der Waals surface area contributed by atoms with Crippen LogP contribution in [-0.2, 0) is 0 Å². The molecule has 5 heteroatoms. The molecule has 0 saturated carbocycles. The first-order valence-electron chi connectivity index (χ1n) is 7.28. The number of hydrogen-bond donors (Lipinski definition) is 0. The molecule has 4 aromatic rings. The highest BCUT2D eigenvalue weighted by Gasteiger charge is 2.17. The Morgan fingerprint density at radius 2 is 1.70 bits per heavy atom. The minimum absolute atomic E-state index is 0.492. The zero-order chi connectivity index (χ0) is 15.6. The van der Waals surface area contributed by atoms with Crippen LogP contribution in [0.2, 0.25) is 0 Å². The summed E-state index contributed by atoms with van der Waals surface area (Å²) in [4.78, 5) is 0. The number of benzene rings is 1. The van der Waals surface area contributed by atoms with E-state index >= 15 is 0 Å². The van der Waals surface area contributed by atoms with Crippen LogP contribution in [0.15, 0.2) is 66.9 Å². The van der Waals surface area contributed by atoms with Crippen LogP contribution in [0.25, 0.3) is 28.0 Å². The second kappa shape index (κ2) is 5.53. The molecule has 0 amide bonds. The molecule has 112 valence electrons. The van der Waals surface area contributed by atoms with Crippen molar-refractivity contribution in [3.05, 3.63) is 66.9 Å². The minimum atomic E-state index is 0.492. The number of aromatic nitrogens is 4. The third-order valence-corrected chi connectivity index (χ3v) is 3.69. The Morgan fingerprint density at radius 1 is 0.870 bits per heavy atom. The molecule has 0 atom stereocenters. The van der Waals surface area contributed by atoms with E-state index < -0.39 is 0 Å². The Kier molecular flexibility index (Phi) is 3.24. The van der Waals surface area contributed by atoms with E-state index in [1.54, 1.807) is 7.11 Å². The summed E-state index contributed by atoms with van der Waals surface area (Å²) >= 11 is 0. The molecule has 3 aromatic heterocycles. The van der Waals surface area contributed by atoms with Crippen molar-refractivity contribution in [3.8, 4) is 28.4 Å². The maximum absolute atomic E-state index is 5.09. The van der Waals surface area contributed by atoms with Crippen molar-refractivity contribution in [2.24, 2.45) is 0 Å². The van der Waals surface area contributed by atoms with E-state index in [1.165, 1.54) is 0 Å². The van der Waals surface area contributed by atoms with Crippen molar-refractivity contribution in [1.82, 2.24) is 19.8 Å². The number of pyridine rings is 1. The molecule has 0 aliphatic rings. The first-order valence-corrected chi connectivity index (χ1v) is 7.28. The fourth-order valence-corrected chi connectivity index (χ4v) is 2.61. The van der Waals surface area contributed by atoms with E-state index in [2.05, 4.69) is 10.2 Å². The van der Waals surface area contributed by atoms with Gasteiger partial charge in [0.1, 0.15) is 5.69 Å². The lowest BCUT2D eigenvalue weighted by Crippen LogP contribution is -1.93. The van der Waals surface area contributed by atoms with Gasteiger partial charge in [0.2, 0.25) is 5.88 Å². The number of ether oxygens (including phenoxy) is 1. The molecule has 0 spiro atoms. The van der Waals surface area contributed by atoms with Gasteiger partial charge in [-0.3, -0.25) is 0 Å². The molecule has 0 fully saturated rings. The van der Waals surface area contributed by atoms with Gasteiger partial charge in [-0.2, -0.15) is 5.10 Å². The lowest BCUT2D eigenvalue weighted by molar-refractivity contribution is 0.392. The zero-order valence-corrected chi connectivity index (χ0v) is 12.5. The normalized spacial score (nSPS) is 10.8. The highest BCUT2D eigenvalue weighted by molar-refractivity contribution is 5.90. The first kappa shape index (κ1) is 13.5. The highest BCUT2D eigenvalue weighted by atomic mass is 16.5. The van der Waals surface area contributed by atoms with Gasteiger partial charge in [0.05, 0.1) is 23.9 Å². The summed E-state index contributed by atoms with van der Waals surface area (Å²) in [5, 5.41) is 13.1. The third-order valence-electron chi connectivity index (χ3n) is 3.69. The monoisotopic (exact) mass is 302 g/mol. The van der Waals surface area contributed by atoms with E-state index in [0.29, 0.717) is 5.88 Å². The van der Waals surface area contributed by atoms with Crippen molar-refractivity contribution >= 4 is 5.52 Å². The lowest BCUT2D eigenvalue weighted by Gasteiger charge is -2.03. The topological polar surface area (TPSA) is 52.3 Å². The second-order valence-electron chi connectivity index (χ2n) is 5.08. The molecule has 0 radical (unpaired) electrons. The van der Waals surface area contributed by atoms with Gasteiger partial charge in [0.15, 0.2) is 0 Å². The van der Waals surface area contributed by atoms with Gasteiger partial charge in [-0.05, 0) is 18.2 Å². The summed E-state index contributed by atoms with van der Waals surface area (Å²) < 4.78 is 6.96. The molecule has 0 aliphatic heterocycles. The molecule has 4 rings (SSSR count). The summed E-state index contributed by atoms with van der Waals surface area (Å²) in [6, 6.07) is 19.8. The minimum Gasteiger partial charge on any atom is -0.480 e. The number of methoxy groups -OCH3 is 1. The van der Waals surface area contributed by atoms with Gasteiger partial charge in [-0.25, -0.2) is 4.52 Å². The van der Waals surface area contributed by atoms with Gasteiger partial charge in [-0.15, -0.1) is 10.2 Å². The smallest absolute Gasteiger partial charge is 0.233 e. The maximum atomic E-state index is 5.09. The summed E-state index contributed by atoms with van der Waals surface area (Å²) in [7, 11) is 1.58. The molecule has 0 bridgehead atoms. The predicted octanol–water partition coefficient (Wildman–Crippen LogP) is 3.47. The molecule has 1 aromatic carbocycles. The summed E-state index contributed by atoms with van der Waals surface area (Å²) in [5.41, 5.74) is 4.66. The molecule has 0 saturated heterocycles. The molecule has 0 unspecified atom stereocenters. The van der Waals surface area contributed by atoms with Gasteiger partial charge in [-0.1, -0.05) is 36.4 Å². The Hall–Kier alpha value is -3.21. The van der Waals surface area contributed by atoms with E-state index in [-0.39, 0.29) is 0 Å². The van der Waals surface area contributed by atoms with Crippen LogP contribution in [0, 0.1) is 0 Å². The Balaban J connectivity index is 1.99. The van der Waals surface area contributed by atoms with Crippen molar-refractivity contribution in [1.29, 1.82) is 0 Å². The molecule has 5 nitrogen and oxygen atoms in total. The number of fused-ring (bicyclic) bond motifs is 1. The van der Waals surface area contributed by atoms with E-state index in [4.69, 9.17) is 9.84 Å². The number of nitrogens with zero attached hydrogens (tertiary/aromatic N) is 4. The van der Waals surface area contributed by atoms with Crippen LogP contribution in [0.1, 0.15) is 0 Å². The standard InChI is InChI=1S/C18H14N4O/c1-23-16-11-10-14(19-20-16)17-15-9-5-6-12-22(15)21-18(17)13-7-3-2-4-8-13/h2-12H,1H3. The van der Waals surface area contributed by atoms with Crippen molar-refractivity contribution < 1.29 is 4.74 Å². The average Bonchev–Trinajstić information content (AvgIpc) is 3.02. The van der Waals surface area contributed by atoms with Crippen LogP contribution < -0.4 is 4.74 Å². The molecule has 0 aliphatic carbocycles. The number of rotatable bonds is 3. The highest BCUT2D eigenvalue weighted by Crippen LogP contribution is 2.33. The molecular formula is C18H14N4O. The molecule has 0 N–H and O–H groups in total. The van der Waals surface area contributed by atoms with Gasteiger partial charge < -0.3 is 4.74 Å². The third kappa shape index (κ3) is 2.32. The van der Waals surface area contributed by atoms with Crippen LogP contribution in [0.4, 0.5) is 0 Å². The van der Waals surface area contributed by atoms with Crippen LogP contribution in [-0.4, -0.2) is 26.9 Å². The van der Waals surface area contributed by atoms with Crippen LogP contribution >= 0.6 is 0 Å². The first-order chi connectivity index (χ1) is 11.4. The van der Waals surface area contributed by atoms with E-state index in [1.807, 2.05) is 71.4 Å². The Morgan fingerprint density at radius 3 is 2.43 bits per heavy atom. The summed E-state index contributed by atoms with van der Waals surface area (Å²) in [5.74, 6) is 0.492. The number of hydrogen-bond acceptors (Lipinski definition) is 4.